The number of anilines is 1. The molecule has 0 N–H and O–H groups in total. The molecule has 2 aliphatic rings. The van der Waals surface area contributed by atoms with Gasteiger partial charge in [-0.1, -0.05) is 0 Å². The van der Waals surface area contributed by atoms with E-state index in [1.807, 2.05) is 6.07 Å². The Balaban J connectivity index is 1.76. The third kappa shape index (κ3) is 2.05. The van der Waals surface area contributed by atoms with Gasteiger partial charge in [-0.15, -0.1) is 0 Å². The molecule has 2 saturated heterocycles. The lowest BCUT2D eigenvalue weighted by molar-refractivity contribution is 0.231. The average Bonchev–Trinajstić information content (AvgIpc) is 2.85. The van der Waals surface area contributed by atoms with E-state index in [2.05, 4.69) is 9.80 Å². The van der Waals surface area contributed by atoms with Gasteiger partial charge < -0.3 is 9.64 Å². The minimum atomic E-state index is -0.274. The van der Waals surface area contributed by atoms with Crippen molar-refractivity contribution in [3.05, 3.63) is 24.0 Å². The number of fused-ring (bicyclic) bond motifs is 1. The summed E-state index contributed by atoms with van der Waals surface area (Å²) in [7, 11) is 1.50. The molecule has 2 aliphatic heterocycles. The van der Waals surface area contributed by atoms with Crippen molar-refractivity contribution in [1.82, 2.24) is 4.90 Å². The van der Waals surface area contributed by atoms with Gasteiger partial charge in [-0.25, -0.2) is 4.39 Å². The van der Waals surface area contributed by atoms with Gasteiger partial charge in [0.05, 0.1) is 7.11 Å². The van der Waals surface area contributed by atoms with E-state index in [9.17, 15) is 4.39 Å². The number of rotatable bonds is 2. The number of benzene rings is 1. The molecule has 0 spiro atoms. The van der Waals surface area contributed by atoms with Crippen molar-refractivity contribution in [2.45, 2.75) is 18.9 Å². The molecule has 1 aromatic carbocycles. The van der Waals surface area contributed by atoms with Crippen LogP contribution in [0.3, 0.4) is 0 Å². The van der Waals surface area contributed by atoms with E-state index in [4.69, 9.17) is 4.74 Å². The number of ether oxygens (including phenoxy) is 1. The molecule has 18 heavy (non-hydrogen) atoms. The van der Waals surface area contributed by atoms with Crippen LogP contribution in [0, 0.1) is 5.82 Å². The molecular formula is C14H19FN2O. The van der Waals surface area contributed by atoms with Gasteiger partial charge in [0.25, 0.3) is 0 Å². The molecular weight excluding hydrogens is 231 g/mol. The SMILES string of the molecule is COc1ccc(N2CCN3CCCC3C2)cc1F. The monoisotopic (exact) mass is 250 g/mol. The smallest absolute Gasteiger partial charge is 0.167 e. The largest absolute Gasteiger partial charge is 0.494 e. The van der Waals surface area contributed by atoms with Crippen LogP contribution in [0.15, 0.2) is 18.2 Å². The minimum absolute atomic E-state index is 0.274. The van der Waals surface area contributed by atoms with E-state index >= 15 is 0 Å². The molecule has 0 aromatic heterocycles. The van der Waals surface area contributed by atoms with Crippen LogP contribution in [0.4, 0.5) is 10.1 Å². The molecule has 2 heterocycles. The number of halogens is 1. The van der Waals surface area contributed by atoms with E-state index < -0.39 is 0 Å². The fourth-order valence-electron chi connectivity index (χ4n) is 3.08. The van der Waals surface area contributed by atoms with E-state index in [1.165, 1.54) is 26.5 Å². The van der Waals surface area contributed by atoms with Crippen LogP contribution in [0.2, 0.25) is 0 Å². The van der Waals surface area contributed by atoms with Crippen LogP contribution < -0.4 is 9.64 Å². The summed E-state index contributed by atoms with van der Waals surface area (Å²) >= 11 is 0. The van der Waals surface area contributed by atoms with Gasteiger partial charge in [-0.05, 0) is 31.5 Å². The number of methoxy groups -OCH3 is 1. The summed E-state index contributed by atoms with van der Waals surface area (Å²) in [6.45, 7) is 4.34. The highest BCUT2D eigenvalue weighted by molar-refractivity contribution is 5.50. The Morgan fingerprint density at radius 2 is 2.17 bits per heavy atom. The van der Waals surface area contributed by atoms with Gasteiger partial charge in [-0.3, -0.25) is 4.90 Å². The van der Waals surface area contributed by atoms with Gasteiger partial charge in [0, 0.05) is 37.4 Å². The van der Waals surface area contributed by atoms with Crippen molar-refractivity contribution < 1.29 is 9.13 Å². The summed E-state index contributed by atoms with van der Waals surface area (Å²) in [4.78, 5) is 4.84. The summed E-state index contributed by atoms with van der Waals surface area (Å²) in [5, 5.41) is 0. The van der Waals surface area contributed by atoms with E-state index in [-0.39, 0.29) is 5.82 Å². The Hall–Kier alpha value is -1.29. The summed E-state index contributed by atoms with van der Waals surface area (Å²) in [6, 6.07) is 5.91. The van der Waals surface area contributed by atoms with E-state index in [0.717, 1.165) is 25.3 Å². The first kappa shape index (κ1) is 11.8. The standard InChI is InChI=1S/C14H19FN2O/c1-18-14-5-4-11(9-13(14)15)17-8-7-16-6-2-3-12(16)10-17/h4-5,9,12H,2-3,6-8,10H2,1H3. The summed E-state index contributed by atoms with van der Waals surface area (Å²) in [6.07, 6.45) is 2.57. The maximum absolute atomic E-state index is 13.7. The summed E-state index contributed by atoms with van der Waals surface area (Å²) < 4.78 is 18.7. The third-order valence-electron chi connectivity index (χ3n) is 4.09. The molecule has 4 heteroatoms. The lowest BCUT2D eigenvalue weighted by Gasteiger charge is -2.38. The van der Waals surface area contributed by atoms with Crippen molar-refractivity contribution in [3.63, 3.8) is 0 Å². The molecule has 0 radical (unpaired) electrons. The minimum Gasteiger partial charge on any atom is -0.494 e. The van der Waals surface area contributed by atoms with Crippen molar-refractivity contribution in [2.24, 2.45) is 0 Å². The van der Waals surface area contributed by atoms with Gasteiger partial charge in [0.2, 0.25) is 0 Å². The van der Waals surface area contributed by atoms with Crippen LogP contribution in [0.1, 0.15) is 12.8 Å². The zero-order valence-electron chi connectivity index (χ0n) is 10.7. The van der Waals surface area contributed by atoms with Gasteiger partial charge in [-0.2, -0.15) is 0 Å². The number of nitrogens with zero attached hydrogens (tertiary/aromatic N) is 2. The van der Waals surface area contributed by atoms with Crippen molar-refractivity contribution in [1.29, 1.82) is 0 Å². The predicted molar refractivity (Wildman–Crippen MR) is 69.8 cm³/mol. The second kappa shape index (κ2) is 4.76. The van der Waals surface area contributed by atoms with Gasteiger partial charge >= 0.3 is 0 Å². The molecule has 3 nitrogen and oxygen atoms in total. The first-order chi connectivity index (χ1) is 8.78. The third-order valence-corrected chi connectivity index (χ3v) is 4.09. The zero-order valence-corrected chi connectivity index (χ0v) is 10.7. The van der Waals surface area contributed by atoms with Crippen molar-refractivity contribution in [3.8, 4) is 5.75 Å². The highest BCUT2D eigenvalue weighted by Gasteiger charge is 2.30. The van der Waals surface area contributed by atoms with Crippen LogP contribution in [0.5, 0.6) is 5.75 Å². The van der Waals surface area contributed by atoms with Crippen LogP contribution in [0.25, 0.3) is 0 Å². The van der Waals surface area contributed by atoms with Crippen LogP contribution >= 0.6 is 0 Å². The zero-order chi connectivity index (χ0) is 12.5. The van der Waals surface area contributed by atoms with E-state index in [0.29, 0.717) is 11.8 Å². The fraction of sp³-hybridized carbons (Fsp3) is 0.571. The van der Waals surface area contributed by atoms with E-state index in [1.54, 1.807) is 12.1 Å². The summed E-state index contributed by atoms with van der Waals surface area (Å²) in [5.74, 6) is 0.0436. The maximum Gasteiger partial charge on any atom is 0.167 e. The Morgan fingerprint density at radius 1 is 1.28 bits per heavy atom. The molecule has 1 atom stereocenters. The molecule has 2 fully saturated rings. The fourth-order valence-corrected chi connectivity index (χ4v) is 3.08. The highest BCUT2D eigenvalue weighted by atomic mass is 19.1. The first-order valence-corrected chi connectivity index (χ1v) is 6.60. The molecule has 1 unspecified atom stereocenters. The molecule has 98 valence electrons. The summed E-state index contributed by atoms with van der Waals surface area (Å²) in [5.41, 5.74) is 0.972. The Labute approximate surface area is 107 Å². The lowest BCUT2D eigenvalue weighted by atomic mass is 10.1. The van der Waals surface area contributed by atoms with Gasteiger partial charge in [0.15, 0.2) is 11.6 Å². The van der Waals surface area contributed by atoms with Crippen LogP contribution in [-0.4, -0.2) is 44.2 Å². The molecule has 0 aliphatic carbocycles. The normalized spacial score (nSPS) is 24.1. The number of hydrogen-bond donors (Lipinski definition) is 0. The Morgan fingerprint density at radius 3 is 2.94 bits per heavy atom. The maximum atomic E-state index is 13.7. The Bertz CT molecular complexity index is 438. The van der Waals surface area contributed by atoms with Crippen LogP contribution in [-0.2, 0) is 0 Å². The van der Waals surface area contributed by atoms with Crippen molar-refractivity contribution in [2.75, 3.05) is 38.2 Å². The van der Waals surface area contributed by atoms with Crippen molar-refractivity contribution >= 4 is 5.69 Å². The lowest BCUT2D eigenvalue weighted by Crippen LogP contribution is -2.50. The second-order valence-corrected chi connectivity index (χ2v) is 5.10. The molecule has 1 aromatic rings. The second-order valence-electron chi connectivity index (χ2n) is 5.10. The number of piperazine rings is 1. The molecule has 0 saturated carbocycles. The average molecular weight is 250 g/mol. The number of hydrogen-bond acceptors (Lipinski definition) is 3. The topological polar surface area (TPSA) is 15.7 Å². The molecule has 0 amide bonds. The predicted octanol–water partition coefficient (Wildman–Crippen LogP) is 2.12. The highest BCUT2D eigenvalue weighted by Crippen LogP contribution is 2.28. The first-order valence-electron chi connectivity index (χ1n) is 6.60. The Kier molecular flexibility index (Phi) is 3.12. The molecule has 3 rings (SSSR count). The van der Waals surface area contributed by atoms with Gasteiger partial charge in [0.1, 0.15) is 0 Å². The quantitative estimate of drug-likeness (QED) is 0.799. The molecule has 0 bridgehead atoms.